The molecule has 0 aliphatic carbocycles. The van der Waals surface area contributed by atoms with Crippen LogP contribution >= 0.6 is 0 Å². The largest absolute Gasteiger partial charge is 0.370 e. The number of nitrogens with zero attached hydrogens (tertiary/aromatic N) is 1. The number of rotatable bonds is 4. The summed E-state index contributed by atoms with van der Waals surface area (Å²) < 4.78 is 13.4. The van der Waals surface area contributed by atoms with E-state index in [0.29, 0.717) is 11.5 Å². The predicted octanol–water partition coefficient (Wildman–Crippen LogP) is 3.43. The summed E-state index contributed by atoms with van der Waals surface area (Å²) in [5.41, 5.74) is 1.28. The van der Waals surface area contributed by atoms with Gasteiger partial charge >= 0.3 is 0 Å². The zero-order chi connectivity index (χ0) is 13.9. The van der Waals surface area contributed by atoms with Crippen LogP contribution in [0.15, 0.2) is 24.3 Å². The SMILES string of the molecule is CCN(CC1NCCCC1(C)C)c1cccc(F)c1. The molecule has 19 heavy (non-hydrogen) atoms. The van der Waals surface area contributed by atoms with E-state index in [2.05, 4.69) is 31.0 Å². The summed E-state index contributed by atoms with van der Waals surface area (Å²) in [7, 11) is 0. The van der Waals surface area contributed by atoms with Crippen LogP contribution in [0.1, 0.15) is 33.6 Å². The van der Waals surface area contributed by atoms with E-state index in [-0.39, 0.29) is 5.82 Å². The second-order valence-electron chi connectivity index (χ2n) is 6.12. The fraction of sp³-hybridized carbons (Fsp3) is 0.625. The molecule has 1 fully saturated rings. The van der Waals surface area contributed by atoms with E-state index < -0.39 is 0 Å². The third-order valence-corrected chi connectivity index (χ3v) is 4.29. The van der Waals surface area contributed by atoms with Crippen molar-refractivity contribution in [3.8, 4) is 0 Å². The number of piperidine rings is 1. The van der Waals surface area contributed by atoms with Gasteiger partial charge in [0.25, 0.3) is 0 Å². The van der Waals surface area contributed by atoms with Gasteiger partial charge < -0.3 is 10.2 Å². The Kier molecular flexibility index (Phi) is 4.46. The number of anilines is 1. The molecular formula is C16H25FN2. The summed E-state index contributed by atoms with van der Waals surface area (Å²) in [5.74, 6) is -0.160. The normalized spacial score (nSPS) is 22.2. The van der Waals surface area contributed by atoms with E-state index in [4.69, 9.17) is 0 Å². The van der Waals surface area contributed by atoms with Crippen molar-refractivity contribution >= 4 is 5.69 Å². The van der Waals surface area contributed by atoms with Crippen molar-refractivity contribution in [2.45, 2.75) is 39.7 Å². The van der Waals surface area contributed by atoms with E-state index in [1.165, 1.54) is 18.9 Å². The second-order valence-corrected chi connectivity index (χ2v) is 6.12. The van der Waals surface area contributed by atoms with Gasteiger partial charge in [-0.1, -0.05) is 19.9 Å². The number of likely N-dealkylation sites (N-methyl/N-ethyl adjacent to an activating group) is 1. The van der Waals surface area contributed by atoms with Gasteiger partial charge in [-0.05, 0) is 49.9 Å². The molecule has 0 radical (unpaired) electrons. The number of halogens is 1. The third kappa shape index (κ3) is 3.47. The van der Waals surface area contributed by atoms with Crippen LogP contribution in [0.5, 0.6) is 0 Å². The van der Waals surface area contributed by atoms with Crippen LogP contribution in [0.25, 0.3) is 0 Å². The van der Waals surface area contributed by atoms with Gasteiger partial charge in [0.2, 0.25) is 0 Å². The molecule has 2 nitrogen and oxygen atoms in total. The lowest BCUT2D eigenvalue weighted by atomic mass is 9.77. The van der Waals surface area contributed by atoms with Crippen LogP contribution < -0.4 is 10.2 Å². The quantitative estimate of drug-likeness (QED) is 0.896. The lowest BCUT2D eigenvalue weighted by molar-refractivity contribution is 0.183. The van der Waals surface area contributed by atoms with Crippen LogP contribution in [0.2, 0.25) is 0 Å². The molecule has 3 heteroatoms. The van der Waals surface area contributed by atoms with E-state index in [1.807, 2.05) is 6.07 Å². The third-order valence-electron chi connectivity index (χ3n) is 4.29. The number of hydrogen-bond donors (Lipinski definition) is 1. The Morgan fingerprint density at radius 2 is 2.21 bits per heavy atom. The summed E-state index contributed by atoms with van der Waals surface area (Å²) in [6.07, 6.45) is 2.50. The van der Waals surface area contributed by atoms with E-state index in [0.717, 1.165) is 25.3 Å². The Bertz CT molecular complexity index is 417. The highest BCUT2D eigenvalue weighted by Gasteiger charge is 2.32. The number of benzene rings is 1. The molecule has 1 aromatic rings. The maximum Gasteiger partial charge on any atom is 0.125 e. The van der Waals surface area contributed by atoms with Gasteiger partial charge in [0, 0.05) is 24.8 Å². The lowest BCUT2D eigenvalue weighted by Gasteiger charge is -2.42. The van der Waals surface area contributed by atoms with Crippen LogP contribution in [-0.4, -0.2) is 25.7 Å². The van der Waals surface area contributed by atoms with Gasteiger partial charge in [-0.25, -0.2) is 4.39 Å². The van der Waals surface area contributed by atoms with E-state index in [1.54, 1.807) is 12.1 Å². The number of hydrogen-bond acceptors (Lipinski definition) is 2. The summed E-state index contributed by atoms with van der Waals surface area (Å²) in [6.45, 7) is 9.70. The average molecular weight is 264 g/mol. The zero-order valence-electron chi connectivity index (χ0n) is 12.2. The van der Waals surface area contributed by atoms with Gasteiger partial charge in [-0.3, -0.25) is 0 Å². The minimum absolute atomic E-state index is 0.160. The first-order valence-electron chi connectivity index (χ1n) is 7.27. The van der Waals surface area contributed by atoms with Gasteiger partial charge in [-0.15, -0.1) is 0 Å². The van der Waals surface area contributed by atoms with Crippen LogP contribution in [0, 0.1) is 11.2 Å². The van der Waals surface area contributed by atoms with Crippen molar-refractivity contribution < 1.29 is 4.39 Å². The Morgan fingerprint density at radius 3 is 2.84 bits per heavy atom. The Hall–Kier alpha value is -1.09. The second kappa shape index (κ2) is 5.91. The molecule has 1 unspecified atom stereocenters. The van der Waals surface area contributed by atoms with Crippen molar-refractivity contribution in [2.75, 3.05) is 24.5 Å². The molecule has 1 aliphatic rings. The smallest absolute Gasteiger partial charge is 0.125 e. The molecular weight excluding hydrogens is 239 g/mol. The van der Waals surface area contributed by atoms with E-state index >= 15 is 0 Å². The topological polar surface area (TPSA) is 15.3 Å². The molecule has 1 aromatic carbocycles. The van der Waals surface area contributed by atoms with Crippen LogP contribution in [-0.2, 0) is 0 Å². The fourth-order valence-corrected chi connectivity index (χ4v) is 2.89. The van der Waals surface area contributed by atoms with Crippen LogP contribution in [0.4, 0.5) is 10.1 Å². The van der Waals surface area contributed by atoms with E-state index in [9.17, 15) is 4.39 Å². The molecule has 2 rings (SSSR count). The molecule has 0 spiro atoms. The van der Waals surface area contributed by atoms with Crippen LogP contribution in [0.3, 0.4) is 0 Å². The minimum atomic E-state index is -0.160. The lowest BCUT2D eigenvalue weighted by Crippen LogP contribution is -2.53. The molecule has 0 saturated carbocycles. The van der Waals surface area contributed by atoms with Gasteiger partial charge in [0.15, 0.2) is 0 Å². The van der Waals surface area contributed by atoms with Crippen molar-refractivity contribution in [1.82, 2.24) is 5.32 Å². The summed E-state index contributed by atoms with van der Waals surface area (Å²) >= 11 is 0. The Morgan fingerprint density at radius 1 is 1.42 bits per heavy atom. The fourth-order valence-electron chi connectivity index (χ4n) is 2.89. The first-order chi connectivity index (χ1) is 9.03. The highest BCUT2D eigenvalue weighted by Crippen LogP contribution is 2.31. The standard InChI is InChI=1S/C16H25FN2/c1-4-19(14-8-5-7-13(17)11-14)12-15-16(2,3)9-6-10-18-15/h5,7-8,11,15,18H,4,6,9-10,12H2,1-3H3. The van der Waals surface area contributed by atoms with Crippen molar-refractivity contribution in [3.63, 3.8) is 0 Å². The van der Waals surface area contributed by atoms with Crippen molar-refractivity contribution in [1.29, 1.82) is 0 Å². The highest BCUT2D eigenvalue weighted by molar-refractivity contribution is 5.46. The molecule has 1 aliphatic heterocycles. The monoisotopic (exact) mass is 264 g/mol. The Balaban J connectivity index is 2.10. The number of nitrogens with one attached hydrogen (secondary N) is 1. The maximum absolute atomic E-state index is 13.4. The molecule has 0 amide bonds. The first-order valence-corrected chi connectivity index (χ1v) is 7.27. The molecule has 0 bridgehead atoms. The summed E-state index contributed by atoms with van der Waals surface area (Å²) in [6, 6.07) is 7.36. The van der Waals surface area contributed by atoms with Gasteiger partial charge in [0.1, 0.15) is 5.82 Å². The molecule has 1 saturated heterocycles. The Labute approximate surface area is 116 Å². The first kappa shape index (κ1) is 14.3. The zero-order valence-corrected chi connectivity index (χ0v) is 12.2. The van der Waals surface area contributed by atoms with Crippen molar-refractivity contribution in [3.05, 3.63) is 30.1 Å². The van der Waals surface area contributed by atoms with Gasteiger partial charge in [0.05, 0.1) is 0 Å². The molecule has 0 aromatic heterocycles. The molecule has 1 heterocycles. The molecule has 1 N–H and O–H groups in total. The van der Waals surface area contributed by atoms with Crippen molar-refractivity contribution in [2.24, 2.45) is 5.41 Å². The average Bonchev–Trinajstić information content (AvgIpc) is 2.37. The molecule has 1 atom stereocenters. The molecule has 106 valence electrons. The maximum atomic E-state index is 13.4. The minimum Gasteiger partial charge on any atom is -0.370 e. The predicted molar refractivity (Wildman–Crippen MR) is 79.1 cm³/mol. The summed E-state index contributed by atoms with van der Waals surface area (Å²) in [4.78, 5) is 2.26. The highest BCUT2D eigenvalue weighted by atomic mass is 19.1. The summed E-state index contributed by atoms with van der Waals surface area (Å²) in [5, 5.41) is 3.62. The van der Waals surface area contributed by atoms with Gasteiger partial charge in [-0.2, -0.15) is 0 Å².